The van der Waals surface area contributed by atoms with Gasteiger partial charge in [0.15, 0.2) is 0 Å². The van der Waals surface area contributed by atoms with Gasteiger partial charge in [-0.3, -0.25) is 15.0 Å². The lowest BCUT2D eigenvalue weighted by Crippen LogP contribution is -2.39. The van der Waals surface area contributed by atoms with Gasteiger partial charge in [-0.2, -0.15) is 10.2 Å². The van der Waals surface area contributed by atoms with E-state index in [1.165, 1.54) is 5.56 Å². The van der Waals surface area contributed by atoms with Crippen molar-refractivity contribution in [2.24, 2.45) is 0 Å². The molecule has 3 rings (SSSR count). The molecule has 1 amide bonds. The van der Waals surface area contributed by atoms with Crippen LogP contribution in [0.1, 0.15) is 59.9 Å². The Bertz CT molecular complexity index is 667. The smallest absolute Gasteiger partial charge is 0.223 e. The van der Waals surface area contributed by atoms with Crippen molar-refractivity contribution in [3.05, 3.63) is 34.4 Å². The number of likely N-dealkylation sites (tertiary alicyclic amines) is 1. The molecule has 0 saturated carbocycles. The second-order valence-electron chi connectivity index (χ2n) is 6.48. The highest BCUT2D eigenvalue weighted by atomic mass is 16.2. The van der Waals surface area contributed by atoms with Gasteiger partial charge in [-0.15, -0.1) is 0 Å². The van der Waals surface area contributed by atoms with Gasteiger partial charge < -0.3 is 4.90 Å². The summed E-state index contributed by atoms with van der Waals surface area (Å²) in [4.78, 5) is 14.8. The van der Waals surface area contributed by atoms with Crippen LogP contribution in [-0.2, 0) is 11.2 Å². The van der Waals surface area contributed by atoms with Crippen LogP contribution in [-0.4, -0.2) is 37.7 Å². The molecule has 2 aromatic rings. The molecule has 3 heterocycles. The molecule has 0 bridgehead atoms. The van der Waals surface area contributed by atoms with Gasteiger partial charge in [-0.1, -0.05) is 0 Å². The predicted molar refractivity (Wildman–Crippen MR) is 88.0 cm³/mol. The molecule has 6 heteroatoms. The molecule has 23 heavy (non-hydrogen) atoms. The van der Waals surface area contributed by atoms with Crippen molar-refractivity contribution in [2.45, 2.75) is 58.9 Å². The molecule has 0 spiro atoms. The van der Waals surface area contributed by atoms with E-state index in [-0.39, 0.29) is 11.9 Å². The highest BCUT2D eigenvalue weighted by Gasteiger charge is 2.29. The van der Waals surface area contributed by atoms with E-state index in [1.807, 2.05) is 31.9 Å². The number of hydrogen-bond acceptors (Lipinski definition) is 3. The van der Waals surface area contributed by atoms with Gasteiger partial charge in [-0.05, 0) is 57.6 Å². The van der Waals surface area contributed by atoms with E-state index in [0.29, 0.717) is 6.42 Å². The lowest BCUT2D eigenvalue weighted by atomic mass is 9.96. The Morgan fingerprint density at radius 2 is 2.13 bits per heavy atom. The highest BCUT2D eigenvalue weighted by Crippen LogP contribution is 2.32. The second-order valence-corrected chi connectivity index (χ2v) is 6.48. The van der Waals surface area contributed by atoms with Crippen LogP contribution in [0.25, 0.3) is 0 Å². The number of nitrogens with zero attached hydrogens (tertiary/aromatic N) is 3. The van der Waals surface area contributed by atoms with E-state index in [1.54, 1.807) is 0 Å². The van der Waals surface area contributed by atoms with Gasteiger partial charge in [0.25, 0.3) is 0 Å². The maximum absolute atomic E-state index is 12.8. The predicted octanol–water partition coefficient (Wildman–Crippen LogP) is 2.74. The first-order valence-corrected chi connectivity index (χ1v) is 8.37. The summed E-state index contributed by atoms with van der Waals surface area (Å²) in [6, 6.07) is 0.144. The third-order valence-electron chi connectivity index (χ3n) is 4.89. The quantitative estimate of drug-likeness (QED) is 0.910. The molecule has 1 aliphatic rings. The van der Waals surface area contributed by atoms with Gasteiger partial charge in [0.1, 0.15) is 0 Å². The fourth-order valence-corrected chi connectivity index (χ4v) is 3.54. The summed E-state index contributed by atoms with van der Waals surface area (Å²) in [6.45, 7) is 6.89. The zero-order chi connectivity index (χ0) is 16.4. The average molecular weight is 315 g/mol. The standard InChI is InChI=1S/C17H25N5O/c1-11-10-18-21-17(11)15-6-4-5-9-22(15)16(23)8-7-14-12(2)19-20-13(14)3/h10,15H,4-9H2,1-3H3,(H,18,21)(H,19,20)/t15-/m1/s1. The number of rotatable bonds is 4. The third-order valence-corrected chi connectivity index (χ3v) is 4.89. The number of nitrogens with one attached hydrogen (secondary N) is 2. The van der Waals surface area contributed by atoms with Crippen LogP contribution in [0, 0.1) is 20.8 Å². The summed E-state index contributed by atoms with van der Waals surface area (Å²) in [7, 11) is 0. The number of aryl methyl sites for hydroxylation is 3. The van der Waals surface area contributed by atoms with E-state index in [2.05, 4.69) is 20.4 Å². The molecule has 1 atom stereocenters. The van der Waals surface area contributed by atoms with Gasteiger partial charge in [0, 0.05) is 18.7 Å². The molecule has 2 N–H and O–H groups in total. The van der Waals surface area contributed by atoms with E-state index in [9.17, 15) is 4.79 Å². The second kappa shape index (κ2) is 6.56. The van der Waals surface area contributed by atoms with Gasteiger partial charge in [0.05, 0.1) is 23.6 Å². The molecule has 2 aromatic heterocycles. The normalized spacial score (nSPS) is 18.4. The lowest BCUT2D eigenvalue weighted by molar-refractivity contribution is -0.135. The monoisotopic (exact) mass is 315 g/mol. The Balaban J connectivity index is 1.71. The van der Waals surface area contributed by atoms with Crippen LogP contribution in [0.3, 0.4) is 0 Å². The SMILES string of the molecule is Cc1cn[nH]c1[C@H]1CCCCN1C(=O)CCc1c(C)n[nH]c1C. The molecule has 1 saturated heterocycles. The number of carbonyl (C=O) groups excluding carboxylic acids is 1. The number of H-pyrrole nitrogens is 2. The topological polar surface area (TPSA) is 77.7 Å². The van der Waals surface area contributed by atoms with Crippen molar-refractivity contribution in [3.8, 4) is 0 Å². The van der Waals surface area contributed by atoms with Crippen molar-refractivity contribution >= 4 is 5.91 Å². The first kappa shape index (κ1) is 15.8. The first-order chi connectivity index (χ1) is 11.1. The lowest BCUT2D eigenvalue weighted by Gasteiger charge is -2.35. The van der Waals surface area contributed by atoms with Crippen molar-refractivity contribution in [2.75, 3.05) is 6.54 Å². The van der Waals surface area contributed by atoms with Crippen LogP contribution < -0.4 is 0 Å². The first-order valence-electron chi connectivity index (χ1n) is 8.37. The van der Waals surface area contributed by atoms with Crippen LogP contribution in [0.5, 0.6) is 0 Å². The maximum Gasteiger partial charge on any atom is 0.223 e. The molecular weight excluding hydrogens is 290 g/mol. The Hall–Kier alpha value is -2.11. The van der Waals surface area contributed by atoms with Gasteiger partial charge >= 0.3 is 0 Å². The summed E-state index contributed by atoms with van der Waals surface area (Å²) in [5, 5.41) is 14.4. The Labute approximate surface area is 136 Å². The van der Waals surface area contributed by atoms with E-state index >= 15 is 0 Å². The van der Waals surface area contributed by atoms with Crippen LogP contribution in [0.15, 0.2) is 6.20 Å². The van der Waals surface area contributed by atoms with Crippen molar-refractivity contribution in [1.82, 2.24) is 25.3 Å². The number of aromatic amines is 2. The molecular formula is C17H25N5O. The highest BCUT2D eigenvalue weighted by molar-refractivity contribution is 5.77. The summed E-state index contributed by atoms with van der Waals surface area (Å²) in [5.41, 5.74) is 5.46. The third kappa shape index (κ3) is 3.16. The fourth-order valence-electron chi connectivity index (χ4n) is 3.54. The van der Waals surface area contributed by atoms with E-state index in [0.717, 1.165) is 54.9 Å². The zero-order valence-electron chi connectivity index (χ0n) is 14.1. The molecule has 6 nitrogen and oxygen atoms in total. The average Bonchev–Trinajstić information content (AvgIpc) is 3.11. The van der Waals surface area contributed by atoms with E-state index in [4.69, 9.17) is 0 Å². The summed E-state index contributed by atoms with van der Waals surface area (Å²) < 4.78 is 0. The van der Waals surface area contributed by atoms with Gasteiger partial charge in [-0.25, -0.2) is 0 Å². The molecule has 0 unspecified atom stereocenters. The molecule has 0 aromatic carbocycles. The number of aromatic nitrogens is 4. The fraction of sp³-hybridized carbons (Fsp3) is 0.588. The summed E-state index contributed by atoms with van der Waals surface area (Å²) in [6.07, 6.45) is 6.37. The van der Waals surface area contributed by atoms with Crippen molar-refractivity contribution in [1.29, 1.82) is 0 Å². The Kier molecular flexibility index (Phi) is 4.50. The number of piperidine rings is 1. The molecule has 0 radical (unpaired) electrons. The molecule has 0 aliphatic carbocycles. The number of amides is 1. The molecule has 124 valence electrons. The minimum Gasteiger partial charge on any atom is -0.334 e. The molecule has 1 aliphatic heterocycles. The minimum absolute atomic E-state index is 0.144. The zero-order valence-corrected chi connectivity index (χ0v) is 14.1. The van der Waals surface area contributed by atoms with E-state index < -0.39 is 0 Å². The Morgan fingerprint density at radius 1 is 1.30 bits per heavy atom. The van der Waals surface area contributed by atoms with Gasteiger partial charge in [0.2, 0.25) is 5.91 Å². The summed E-state index contributed by atoms with van der Waals surface area (Å²) in [5.74, 6) is 0.226. The maximum atomic E-state index is 12.8. The van der Waals surface area contributed by atoms with Crippen molar-refractivity contribution < 1.29 is 4.79 Å². The minimum atomic E-state index is 0.144. The number of hydrogen-bond donors (Lipinski definition) is 2. The molecule has 1 fully saturated rings. The largest absolute Gasteiger partial charge is 0.334 e. The van der Waals surface area contributed by atoms with Crippen molar-refractivity contribution in [3.63, 3.8) is 0 Å². The Morgan fingerprint density at radius 3 is 2.78 bits per heavy atom. The van der Waals surface area contributed by atoms with Crippen LogP contribution in [0.4, 0.5) is 0 Å². The van der Waals surface area contributed by atoms with Crippen LogP contribution in [0.2, 0.25) is 0 Å². The number of carbonyl (C=O) groups is 1. The summed E-state index contributed by atoms with van der Waals surface area (Å²) >= 11 is 0. The van der Waals surface area contributed by atoms with Crippen LogP contribution >= 0.6 is 0 Å².